The Balaban J connectivity index is 1.80. The summed E-state index contributed by atoms with van der Waals surface area (Å²) in [5, 5.41) is 23.9. The van der Waals surface area contributed by atoms with Crippen molar-refractivity contribution in [3.05, 3.63) is 71.9 Å². The van der Waals surface area contributed by atoms with Gasteiger partial charge < -0.3 is 31.6 Å². The van der Waals surface area contributed by atoms with Gasteiger partial charge in [-0.2, -0.15) is 0 Å². The number of carbonyl (C=O) groups is 4. The first-order chi connectivity index (χ1) is 16.2. The largest absolute Gasteiger partial charge is 0.481 e. The predicted octanol–water partition coefficient (Wildman–Crippen LogP) is 0.809. The summed E-state index contributed by atoms with van der Waals surface area (Å²) in [5.74, 6) is -4.28. The zero-order valence-electron chi connectivity index (χ0n) is 18.2. The van der Waals surface area contributed by atoms with Crippen molar-refractivity contribution in [1.29, 1.82) is 0 Å². The summed E-state index contributed by atoms with van der Waals surface area (Å²) in [7, 11) is 0. The molecule has 2 amide bonds. The highest BCUT2D eigenvalue weighted by atomic mass is 16.4. The third-order valence-corrected chi connectivity index (χ3v) is 5.36. The average Bonchev–Trinajstić information content (AvgIpc) is 3.21. The average molecular weight is 466 g/mol. The lowest BCUT2D eigenvalue weighted by molar-refractivity contribution is -0.147. The van der Waals surface area contributed by atoms with Gasteiger partial charge in [0.05, 0.1) is 12.5 Å². The Hall–Kier alpha value is -4.18. The van der Waals surface area contributed by atoms with Gasteiger partial charge in [-0.3, -0.25) is 14.4 Å². The second-order valence-corrected chi connectivity index (χ2v) is 7.92. The standard InChI is InChI=1S/C24H26N4O6/c25-17(10-14-6-2-1-3-7-14)22(31)27-19(23(32)28-20(24(33)34)12-21(29)30)11-15-13-26-18-9-5-4-8-16(15)18/h1-9,13,17,19-20,26H,10-12,25H2,(H,27,31)(H,28,32)(H,29,30)(H,33,34). The normalized spacial score (nSPS) is 13.6. The van der Waals surface area contributed by atoms with Crippen LogP contribution in [0.2, 0.25) is 0 Å². The lowest BCUT2D eigenvalue weighted by Crippen LogP contribution is -2.55. The number of para-hydroxylation sites is 1. The second-order valence-electron chi connectivity index (χ2n) is 7.92. The monoisotopic (exact) mass is 466 g/mol. The molecule has 3 atom stereocenters. The van der Waals surface area contributed by atoms with Gasteiger partial charge in [0.2, 0.25) is 11.8 Å². The lowest BCUT2D eigenvalue weighted by Gasteiger charge is -2.22. The molecule has 0 spiro atoms. The van der Waals surface area contributed by atoms with Crippen LogP contribution in [0.25, 0.3) is 10.9 Å². The number of aliphatic carboxylic acids is 2. The Bertz CT molecular complexity index is 1180. The number of carbonyl (C=O) groups excluding carboxylic acids is 2. The molecule has 0 bridgehead atoms. The minimum Gasteiger partial charge on any atom is -0.481 e. The number of nitrogens with two attached hydrogens (primary N) is 1. The molecule has 0 radical (unpaired) electrons. The molecule has 3 unspecified atom stereocenters. The molecule has 10 nitrogen and oxygen atoms in total. The van der Waals surface area contributed by atoms with E-state index in [2.05, 4.69) is 15.6 Å². The van der Waals surface area contributed by atoms with Crippen molar-refractivity contribution in [3.8, 4) is 0 Å². The lowest BCUT2D eigenvalue weighted by atomic mass is 10.0. The van der Waals surface area contributed by atoms with Gasteiger partial charge in [0.15, 0.2) is 0 Å². The number of rotatable bonds is 11. The van der Waals surface area contributed by atoms with Crippen molar-refractivity contribution < 1.29 is 29.4 Å². The van der Waals surface area contributed by atoms with Crippen LogP contribution in [0, 0.1) is 0 Å². The van der Waals surface area contributed by atoms with E-state index in [9.17, 15) is 24.3 Å². The molecular weight excluding hydrogens is 440 g/mol. The van der Waals surface area contributed by atoms with Gasteiger partial charge in [-0.05, 0) is 23.6 Å². The summed E-state index contributed by atoms with van der Waals surface area (Å²) in [5.41, 5.74) is 8.45. The molecule has 0 aliphatic carbocycles. The molecule has 0 aliphatic heterocycles. The fourth-order valence-corrected chi connectivity index (χ4v) is 3.62. The topological polar surface area (TPSA) is 175 Å². The minimum absolute atomic E-state index is 0.0407. The third kappa shape index (κ3) is 6.42. The van der Waals surface area contributed by atoms with E-state index in [1.54, 1.807) is 6.20 Å². The van der Waals surface area contributed by atoms with Crippen LogP contribution in [-0.2, 0) is 32.0 Å². The first kappa shape index (κ1) is 24.5. The molecule has 10 heteroatoms. The van der Waals surface area contributed by atoms with Crippen LogP contribution in [0.4, 0.5) is 0 Å². The van der Waals surface area contributed by atoms with Crippen LogP contribution >= 0.6 is 0 Å². The number of aromatic amines is 1. The van der Waals surface area contributed by atoms with Gasteiger partial charge in [0.1, 0.15) is 12.1 Å². The van der Waals surface area contributed by atoms with Gasteiger partial charge >= 0.3 is 11.9 Å². The molecule has 0 aliphatic rings. The number of benzene rings is 2. The van der Waals surface area contributed by atoms with Crippen molar-refractivity contribution in [2.24, 2.45) is 5.73 Å². The molecule has 0 saturated carbocycles. The molecular formula is C24H26N4O6. The highest BCUT2D eigenvalue weighted by Gasteiger charge is 2.30. The van der Waals surface area contributed by atoms with Crippen LogP contribution in [0.1, 0.15) is 17.5 Å². The molecule has 7 N–H and O–H groups in total. The third-order valence-electron chi connectivity index (χ3n) is 5.36. The quantitative estimate of drug-likeness (QED) is 0.242. The van der Waals surface area contributed by atoms with E-state index >= 15 is 0 Å². The Morgan fingerprint density at radius 2 is 1.50 bits per heavy atom. The van der Waals surface area contributed by atoms with E-state index in [0.717, 1.165) is 22.0 Å². The molecule has 0 saturated heterocycles. The molecule has 0 fully saturated rings. The maximum absolute atomic E-state index is 13.0. The van der Waals surface area contributed by atoms with E-state index in [0.29, 0.717) is 0 Å². The minimum atomic E-state index is -1.65. The van der Waals surface area contributed by atoms with Crippen LogP contribution in [0.3, 0.4) is 0 Å². The Morgan fingerprint density at radius 3 is 2.18 bits per heavy atom. The fourth-order valence-electron chi connectivity index (χ4n) is 3.62. The predicted molar refractivity (Wildman–Crippen MR) is 124 cm³/mol. The summed E-state index contributed by atoms with van der Waals surface area (Å²) in [6.45, 7) is 0. The van der Waals surface area contributed by atoms with E-state index in [1.165, 1.54) is 0 Å². The number of fused-ring (bicyclic) bond motifs is 1. The van der Waals surface area contributed by atoms with E-state index < -0.39 is 48.3 Å². The number of H-pyrrole nitrogens is 1. The van der Waals surface area contributed by atoms with Crippen molar-refractivity contribution in [2.45, 2.75) is 37.4 Å². The Morgan fingerprint density at radius 1 is 0.853 bits per heavy atom. The van der Waals surface area contributed by atoms with Gasteiger partial charge in [0, 0.05) is 23.5 Å². The number of nitrogens with one attached hydrogen (secondary N) is 3. The van der Waals surface area contributed by atoms with E-state index in [1.807, 2.05) is 54.6 Å². The zero-order valence-corrected chi connectivity index (χ0v) is 18.2. The maximum Gasteiger partial charge on any atom is 0.326 e. The SMILES string of the molecule is NC(Cc1ccccc1)C(=O)NC(Cc1c[nH]c2ccccc12)C(=O)NC(CC(=O)O)C(=O)O. The number of hydrogen-bond donors (Lipinski definition) is 6. The number of hydrogen-bond acceptors (Lipinski definition) is 5. The van der Waals surface area contributed by atoms with Crippen LogP contribution in [0.15, 0.2) is 60.8 Å². The van der Waals surface area contributed by atoms with Gasteiger partial charge in [0.25, 0.3) is 0 Å². The van der Waals surface area contributed by atoms with Crippen molar-refractivity contribution in [3.63, 3.8) is 0 Å². The molecule has 178 valence electrons. The smallest absolute Gasteiger partial charge is 0.326 e. The molecule has 2 aromatic carbocycles. The van der Waals surface area contributed by atoms with Crippen LogP contribution in [-0.4, -0.2) is 57.1 Å². The summed E-state index contributed by atoms with van der Waals surface area (Å²) < 4.78 is 0. The molecule has 3 aromatic rings. The number of amides is 2. The highest BCUT2D eigenvalue weighted by Crippen LogP contribution is 2.19. The van der Waals surface area contributed by atoms with Crippen LogP contribution < -0.4 is 16.4 Å². The highest BCUT2D eigenvalue weighted by molar-refractivity contribution is 5.93. The first-order valence-electron chi connectivity index (χ1n) is 10.6. The number of carboxylic acids is 2. The van der Waals surface area contributed by atoms with Crippen molar-refractivity contribution >= 4 is 34.7 Å². The van der Waals surface area contributed by atoms with Crippen molar-refractivity contribution in [2.75, 3.05) is 0 Å². The van der Waals surface area contributed by atoms with Crippen molar-refractivity contribution in [1.82, 2.24) is 15.6 Å². The summed E-state index contributed by atoms with van der Waals surface area (Å²) in [6, 6.07) is 12.7. The molecule has 3 rings (SSSR count). The first-order valence-corrected chi connectivity index (χ1v) is 10.6. The summed E-state index contributed by atoms with van der Waals surface area (Å²) in [6.07, 6.45) is 1.18. The second kappa shape index (κ2) is 11.1. The molecule has 1 aromatic heterocycles. The zero-order chi connectivity index (χ0) is 24.7. The maximum atomic E-state index is 13.0. The van der Waals surface area contributed by atoms with E-state index in [-0.39, 0.29) is 12.8 Å². The van der Waals surface area contributed by atoms with Gasteiger partial charge in [-0.1, -0.05) is 48.5 Å². The summed E-state index contributed by atoms with van der Waals surface area (Å²) >= 11 is 0. The molecule has 34 heavy (non-hydrogen) atoms. The van der Waals surface area contributed by atoms with E-state index in [4.69, 9.17) is 10.8 Å². The number of carboxylic acid groups (broad SMARTS) is 2. The number of aromatic nitrogens is 1. The molecule has 1 heterocycles. The fraction of sp³-hybridized carbons (Fsp3) is 0.250. The van der Waals surface area contributed by atoms with Gasteiger partial charge in [-0.15, -0.1) is 0 Å². The van der Waals surface area contributed by atoms with Gasteiger partial charge in [-0.25, -0.2) is 4.79 Å². The summed E-state index contributed by atoms with van der Waals surface area (Å²) in [4.78, 5) is 51.3. The Kier molecular flexibility index (Phi) is 7.99. The van der Waals surface area contributed by atoms with Crippen LogP contribution in [0.5, 0.6) is 0 Å². The Labute approximate surface area is 195 Å².